The Morgan fingerprint density at radius 1 is 1.15 bits per heavy atom. The molecule has 0 aliphatic rings. The van der Waals surface area contributed by atoms with E-state index in [0.717, 1.165) is 17.0 Å². The number of aromatic nitrogens is 3. The minimum Gasteiger partial charge on any atom is -0.303 e. The summed E-state index contributed by atoms with van der Waals surface area (Å²) in [7, 11) is 0. The van der Waals surface area contributed by atoms with Crippen LogP contribution in [0.25, 0.3) is 5.65 Å². The van der Waals surface area contributed by atoms with Crippen LogP contribution in [0.3, 0.4) is 0 Å². The van der Waals surface area contributed by atoms with Crippen molar-refractivity contribution in [2.75, 3.05) is 0 Å². The summed E-state index contributed by atoms with van der Waals surface area (Å²) in [5.41, 5.74) is 1.87. The summed E-state index contributed by atoms with van der Waals surface area (Å²) in [4.78, 5) is 0. The fraction of sp³-hybridized carbons (Fsp3) is 0.200. The topological polar surface area (TPSA) is 42.2 Å². The SMILES string of the molecule is CC(NCc1ccc(F)cc1)c1nnc2ccccn12. The Morgan fingerprint density at radius 2 is 1.95 bits per heavy atom. The van der Waals surface area contributed by atoms with E-state index < -0.39 is 0 Å². The first-order chi connectivity index (χ1) is 9.74. The van der Waals surface area contributed by atoms with Crippen molar-refractivity contribution in [3.05, 3.63) is 65.9 Å². The molecule has 0 radical (unpaired) electrons. The normalized spacial score (nSPS) is 12.7. The number of hydrogen-bond acceptors (Lipinski definition) is 3. The fourth-order valence-electron chi connectivity index (χ4n) is 2.12. The van der Waals surface area contributed by atoms with Crippen LogP contribution >= 0.6 is 0 Å². The van der Waals surface area contributed by atoms with E-state index in [1.165, 1.54) is 12.1 Å². The van der Waals surface area contributed by atoms with Gasteiger partial charge < -0.3 is 5.32 Å². The fourth-order valence-corrected chi connectivity index (χ4v) is 2.12. The van der Waals surface area contributed by atoms with Crippen LogP contribution in [0.15, 0.2) is 48.7 Å². The molecule has 1 atom stereocenters. The van der Waals surface area contributed by atoms with Crippen LogP contribution in [0.4, 0.5) is 4.39 Å². The number of halogens is 1. The van der Waals surface area contributed by atoms with Gasteiger partial charge >= 0.3 is 0 Å². The number of nitrogens with one attached hydrogen (secondary N) is 1. The van der Waals surface area contributed by atoms with Gasteiger partial charge in [0.1, 0.15) is 5.82 Å². The third-order valence-electron chi connectivity index (χ3n) is 3.25. The van der Waals surface area contributed by atoms with Crippen LogP contribution in [0.2, 0.25) is 0 Å². The lowest BCUT2D eigenvalue weighted by molar-refractivity contribution is 0.540. The van der Waals surface area contributed by atoms with Crippen molar-refractivity contribution >= 4 is 5.65 Å². The molecule has 2 heterocycles. The number of nitrogens with zero attached hydrogens (tertiary/aromatic N) is 3. The summed E-state index contributed by atoms with van der Waals surface area (Å²) in [6.45, 7) is 2.69. The Morgan fingerprint density at radius 3 is 2.75 bits per heavy atom. The highest BCUT2D eigenvalue weighted by Crippen LogP contribution is 2.12. The standard InChI is InChI=1S/C15H15FN4/c1-11(17-10-12-5-7-13(16)8-6-12)15-19-18-14-4-2-3-9-20(14)15/h2-9,11,17H,10H2,1H3. The molecule has 4 nitrogen and oxygen atoms in total. The summed E-state index contributed by atoms with van der Waals surface area (Å²) in [6.07, 6.45) is 1.95. The molecule has 0 fully saturated rings. The second-order valence-corrected chi connectivity index (χ2v) is 4.72. The Kier molecular flexibility index (Phi) is 3.43. The molecule has 0 amide bonds. The van der Waals surface area contributed by atoms with E-state index in [0.29, 0.717) is 6.54 Å². The van der Waals surface area contributed by atoms with Crippen LogP contribution in [-0.4, -0.2) is 14.6 Å². The summed E-state index contributed by atoms with van der Waals surface area (Å²) in [5, 5.41) is 11.7. The maximum atomic E-state index is 12.8. The van der Waals surface area contributed by atoms with Gasteiger partial charge in [-0.15, -0.1) is 10.2 Å². The third kappa shape index (κ3) is 2.53. The largest absolute Gasteiger partial charge is 0.303 e. The van der Waals surface area contributed by atoms with Gasteiger partial charge in [-0.2, -0.15) is 0 Å². The first kappa shape index (κ1) is 12.7. The molecule has 1 aromatic carbocycles. The summed E-state index contributed by atoms with van der Waals surface area (Å²) >= 11 is 0. The summed E-state index contributed by atoms with van der Waals surface area (Å²) < 4.78 is 14.8. The van der Waals surface area contributed by atoms with Crippen molar-refractivity contribution in [3.8, 4) is 0 Å². The van der Waals surface area contributed by atoms with Gasteiger partial charge in [0.05, 0.1) is 6.04 Å². The zero-order valence-corrected chi connectivity index (χ0v) is 11.1. The first-order valence-electron chi connectivity index (χ1n) is 6.51. The number of benzene rings is 1. The second kappa shape index (κ2) is 5.38. The smallest absolute Gasteiger partial charge is 0.160 e. The van der Waals surface area contributed by atoms with Crippen molar-refractivity contribution in [1.29, 1.82) is 0 Å². The molecule has 1 unspecified atom stereocenters. The maximum absolute atomic E-state index is 12.8. The van der Waals surface area contributed by atoms with E-state index in [1.807, 2.05) is 35.7 Å². The molecule has 0 saturated heterocycles. The average molecular weight is 270 g/mol. The van der Waals surface area contributed by atoms with Crippen LogP contribution < -0.4 is 5.32 Å². The van der Waals surface area contributed by atoms with Crippen LogP contribution in [0.1, 0.15) is 24.4 Å². The molecule has 3 rings (SSSR count). The number of fused-ring (bicyclic) bond motifs is 1. The third-order valence-corrected chi connectivity index (χ3v) is 3.25. The van der Waals surface area contributed by atoms with Gasteiger partial charge in [0.2, 0.25) is 0 Å². The Bertz CT molecular complexity index is 705. The molecule has 5 heteroatoms. The highest BCUT2D eigenvalue weighted by molar-refractivity contribution is 5.37. The van der Waals surface area contributed by atoms with Gasteiger partial charge in [-0.3, -0.25) is 4.40 Å². The van der Waals surface area contributed by atoms with Gasteiger partial charge in [-0.05, 0) is 36.8 Å². The van der Waals surface area contributed by atoms with Crippen molar-refractivity contribution in [3.63, 3.8) is 0 Å². The molecule has 0 bridgehead atoms. The molecule has 1 N–H and O–H groups in total. The molecular formula is C15H15FN4. The van der Waals surface area contributed by atoms with Crippen LogP contribution in [0, 0.1) is 5.82 Å². The Hall–Kier alpha value is -2.27. The molecule has 20 heavy (non-hydrogen) atoms. The minimum atomic E-state index is -0.217. The zero-order valence-electron chi connectivity index (χ0n) is 11.1. The van der Waals surface area contributed by atoms with Gasteiger partial charge in [-0.25, -0.2) is 4.39 Å². The zero-order chi connectivity index (χ0) is 13.9. The maximum Gasteiger partial charge on any atom is 0.160 e. The molecule has 2 aromatic heterocycles. The van der Waals surface area contributed by atoms with E-state index in [2.05, 4.69) is 15.5 Å². The van der Waals surface area contributed by atoms with Crippen molar-refractivity contribution in [1.82, 2.24) is 19.9 Å². The van der Waals surface area contributed by atoms with Gasteiger partial charge in [0.15, 0.2) is 11.5 Å². The molecule has 0 saturated carbocycles. The van der Waals surface area contributed by atoms with E-state index in [1.54, 1.807) is 12.1 Å². The van der Waals surface area contributed by atoms with E-state index in [4.69, 9.17) is 0 Å². The molecular weight excluding hydrogens is 255 g/mol. The van der Waals surface area contributed by atoms with Crippen molar-refractivity contribution < 1.29 is 4.39 Å². The lowest BCUT2D eigenvalue weighted by Crippen LogP contribution is -2.20. The molecule has 102 valence electrons. The van der Waals surface area contributed by atoms with Gasteiger partial charge in [0, 0.05) is 12.7 Å². The second-order valence-electron chi connectivity index (χ2n) is 4.72. The number of rotatable bonds is 4. The van der Waals surface area contributed by atoms with Crippen LogP contribution in [0.5, 0.6) is 0 Å². The van der Waals surface area contributed by atoms with Crippen molar-refractivity contribution in [2.45, 2.75) is 19.5 Å². The highest BCUT2D eigenvalue weighted by Gasteiger charge is 2.12. The number of pyridine rings is 1. The molecule has 3 aromatic rings. The van der Waals surface area contributed by atoms with Gasteiger partial charge in [-0.1, -0.05) is 18.2 Å². The lowest BCUT2D eigenvalue weighted by atomic mass is 10.2. The highest BCUT2D eigenvalue weighted by atomic mass is 19.1. The molecule has 0 aliphatic heterocycles. The van der Waals surface area contributed by atoms with E-state index >= 15 is 0 Å². The van der Waals surface area contributed by atoms with E-state index in [9.17, 15) is 4.39 Å². The Balaban J connectivity index is 1.73. The van der Waals surface area contributed by atoms with E-state index in [-0.39, 0.29) is 11.9 Å². The average Bonchev–Trinajstić information content (AvgIpc) is 2.90. The Labute approximate surface area is 116 Å². The molecule has 0 aliphatic carbocycles. The quantitative estimate of drug-likeness (QED) is 0.792. The summed E-state index contributed by atoms with van der Waals surface area (Å²) in [5.74, 6) is 0.646. The number of hydrogen-bond donors (Lipinski definition) is 1. The molecule has 0 spiro atoms. The predicted octanol–water partition coefficient (Wildman–Crippen LogP) is 2.72. The first-order valence-corrected chi connectivity index (χ1v) is 6.51. The van der Waals surface area contributed by atoms with Crippen molar-refractivity contribution in [2.24, 2.45) is 0 Å². The monoisotopic (exact) mass is 270 g/mol. The van der Waals surface area contributed by atoms with Gasteiger partial charge in [0.25, 0.3) is 0 Å². The predicted molar refractivity (Wildman–Crippen MR) is 74.6 cm³/mol. The minimum absolute atomic E-state index is 0.0532. The van der Waals surface area contributed by atoms with Crippen LogP contribution in [-0.2, 0) is 6.54 Å². The summed E-state index contributed by atoms with van der Waals surface area (Å²) in [6, 6.07) is 12.3. The lowest BCUT2D eigenvalue weighted by Gasteiger charge is -2.12.